The van der Waals surface area contributed by atoms with Crippen molar-refractivity contribution in [2.75, 3.05) is 0 Å². The maximum atomic E-state index is 2.52. The van der Waals surface area contributed by atoms with E-state index in [1.807, 2.05) is 0 Å². The van der Waals surface area contributed by atoms with Crippen LogP contribution in [-0.2, 0) is 0 Å². The first-order chi connectivity index (χ1) is 7.00. The van der Waals surface area contributed by atoms with Crippen molar-refractivity contribution in [3.8, 4) is 0 Å². The van der Waals surface area contributed by atoms with E-state index in [2.05, 4.69) is 48.5 Å². The van der Waals surface area contributed by atoms with Gasteiger partial charge in [-0.1, -0.05) is 73.8 Å². The molecule has 0 N–H and O–H groups in total. The summed E-state index contributed by atoms with van der Waals surface area (Å²) in [5.41, 5.74) is 2.98. The molecule has 0 bridgehead atoms. The molecule has 0 radical (unpaired) electrons. The van der Waals surface area contributed by atoms with Gasteiger partial charge in [0.1, 0.15) is 0 Å². The van der Waals surface area contributed by atoms with Crippen LogP contribution in [0.2, 0.25) is 22.7 Å². The Labute approximate surface area is 98.9 Å². The Kier molecular flexibility index (Phi) is 6.82. The Balaban J connectivity index is 5.09. The molecule has 0 spiro atoms. The molecule has 0 saturated carbocycles. The molecular weight excluding hydrogens is 196 g/mol. The summed E-state index contributed by atoms with van der Waals surface area (Å²) in [7, 11) is -1.08. The molecule has 0 heterocycles. The zero-order chi connectivity index (χ0) is 12.1. The van der Waals surface area contributed by atoms with Gasteiger partial charge >= 0.3 is 0 Å². The highest BCUT2D eigenvalue weighted by Gasteiger charge is 2.43. The van der Waals surface area contributed by atoms with E-state index in [4.69, 9.17) is 0 Å². The second-order valence-electron chi connectivity index (χ2n) is 5.39. The van der Waals surface area contributed by atoms with E-state index in [0.717, 1.165) is 16.6 Å². The highest BCUT2D eigenvalue weighted by atomic mass is 28.3. The summed E-state index contributed by atoms with van der Waals surface area (Å²) in [4.78, 5) is 0. The van der Waals surface area contributed by atoms with Crippen molar-refractivity contribution < 1.29 is 0 Å². The Bertz CT molecular complexity index is 138. The van der Waals surface area contributed by atoms with E-state index in [1.54, 1.807) is 0 Å². The summed E-state index contributed by atoms with van der Waals surface area (Å²) in [6, 6.07) is 1.48. The van der Waals surface area contributed by atoms with Gasteiger partial charge in [0.15, 0.2) is 0 Å². The predicted molar refractivity (Wildman–Crippen MR) is 75.4 cm³/mol. The van der Waals surface area contributed by atoms with Crippen molar-refractivity contribution in [3.63, 3.8) is 0 Å². The summed E-state index contributed by atoms with van der Waals surface area (Å²) in [6.45, 7) is 17.2. The first-order valence-electron chi connectivity index (χ1n) is 7.00. The van der Waals surface area contributed by atoms with Crippen LogP contribution in [0.25, 0.3) is 0 Å². The van der Waals surface area contributed by atoms with Crippen LogP contribution in [0.4, 0.5) is 0 Å². The monoisotopic (exact) mass is 228 g/mol. The zero-order valence-electron chi connectivity index (χ0n) is 12.1. The summed E-state index contributed by atoms with van der Waals surface area (Å²) >= 11 is 0. The largest absolute Gasteiger partial charge is 0.0677 e. The fraction of sp³-hybridized carbons (Fsp3) is 1.00. The molecule has 0 amide bonds. The average molecular weight is 228 g/mol. The van der Waals surface area contributed by atoms with E-state index in [1.165, 1.54) is 25.3 Å². The molecule has 0 aromatic rings. The van der Waals surface area contributed by atoms with E-state index in [9.17, 15) is 0 Å². The van der Waals surface area contributed by atoms with Gasteiger partial charge in [-0.2, -0.15) is 0 Å². The second-order valence-corrected chi connectivity index (χ2v) is 11.3. The topological polar surface area (TPSA) is 0 Å². The van der Waals surface area contributed by atoms with Crippen LogP contribution in [0.1, 0.15) is 67.7 Å². The Hall–Kier alpha value is 0.217. The maximum Gasteiger partial charge on any atom is 0.0617 e. The molecule has 3 atom stereocenters. The molecular formula is C14H32Si. The van der Waals surface area contributed by atoms with Gasteiger partial charge < -0.3 is 0 Å². The van der Waals surface area contributed by atoms with Gasteiger partial charge in [0.25, 0.3) is 0 Å². The smallest absolute Gasteiger partial charge is 0.0617 e. The Morgan fingerprint density at radius 2 is 0.933 bits per heavy atom. The lowest BCUT2D eigenvalue weighted by atomic mass is 10.3. The Morgan fingerprint density at radius 1 is 0.667 bits per heavy atom. The van der Waals surface area contributed by atoms with Crippen molar-refractivity contribution in [2.45, 2.75) is 90.4 Å². The summed E-state index contributed by atoms with van der Waals surface area (Å²) in [5.74, 6) is 0. The van der Waals surface area contributed by atoms with Crippen LogP contribution in [0.3, 0.4) is 0 Å². The van der Waals surface area contributed by atoms with E-state index in [-0.39, 0.29) is 0 Å². The third-order valence-electron chi connectivity index (χ3n) is 5.20. The van der Waals surface area contributed by atoms with Crippen LogP contribution in [-0.4, -0.2) is 8.07 Å². The van der Waals surface area contributed by atoms with Gasteiger partial charge in [-0.05, 0) is 16.6 Å². The van der Waals surface area contributed by atoms with Crippen LogP contribution in [0.5, 0.6) is 0 Å². The predicted octanol–water partition coefficient (Wildman–Crippen LogP) is 5.86. The molecule has 1 heteroatoms. The van der Waals surface area contributed by atoms with Gasteiger partial charge in [-0.15, -0.1) is 0 Å². The quantitative estimate of drug-likeness (QED) is 0.479. The Morgan fingerprint density at radius 3 is 1.07 bits per heavy atom. The van der Waals surface area contributed by atoms with E-state index in [0.29, 0.717) is 0 Å². The van der Waals surface area contributed by atoms with E-state index >= 15 is 0 Å². The third-order valence-corrected chi connectivity index (χ3v) is 13.2. The molecule has 15 heavy (non-hydrogen) atoms. The normalized spacial score (nSPS) is 21.8. The lowest BCUT2D eigenvalue weighted by Gasteiger charge is -2.46. The van der Waals surface area contributed by atoms with Gasteiger partial charge in [-0.25, -0.2) is 0 Å². The first-order valence-corrected chi connectivity index (χ1v) is 9.44. The maximum absolute atomic E-state index is 2.52. The lowest BCUT2D eigenvalue weighted by molar-refractivity contribution is 0.680. The van der Waals surface area contributed by atoms with Crippen molar-refractivity contribution in [1.29, 1.82) is 0 Å². The third kappa shape index (κ3) is 2.86. The van der Waals surface area contributed by atoms with Gasteiger partial charge in [0.05, 0.1) is 8.07 Å². The second kappa shape index (κ2) is 6.73. The fourth-order valence-electron chi connectivity index (χ4n) is 3.64. The summed E-state index contributed by atoms with van der Waals surface area (Å²) < 4.78 is 0. The molecule has 0 aromatic heterocycles. The molecule has 0 aliphatic heterocycles. The van der Waals surface area contributed by atoms with Crippen LogP contribution >= 0.6 is 0 Å². The molecule has 0 saturated heterocycles. The molecule has 0 aliphatic rings. The van der Waals surface area contributed by atoms with Crippen LogP contribution in [0, 0.1) is 0 Å². The molecule has 3 unspecified atom stereocenters. The van der Waals surface area contributed by atoms with Crippen molar-refractivity contribution >= 4 is 8.07 Å². The molecule has 92 valence electrons. The SMILES string of the molecule is CCC(C)[Si](CC)(C(C)CC)C(C)CC. The highest BCUT2D eigenvalue weighted by molar-refractivity contribution is 6.83. The zero-order valence-corrected chi connectivity index (χ0v) is 13.1. The molecule has 0 rings (SSSR count). The summed E-state index contributed by atoms with van der Waals surface area (Å²) in [5, 5.41) is 0. The minimum atomic E-state index is -1.08. The first kappa shape index (κ1) is 15.2. The fourth-order valence-corrected chi connectivity index (χ4v) is 10.9. The minimum absolute atomic E-state index is 0.993. The number of hydrogen-bond donors (Lipinski definition) is 0. The van der Waals surface area contributed by atoms with Crippen LogP contribution < -0.4 is 0 Å². The molecule has 0 fully saturated rings. The minimum Gasteiger partial charge on any atom is -0.0677 e. The van der Waals surface area contributed by atoms with Crippen molar-refractivity contribution in [3.05, 3.63) is 0 Å². The average Bonchev–Trinajstić information content (AvgIpc) is 2.29. The summed E-state index contributed by atoms with van der Waals surface area (Å²) in [6.07, 6.45) is 4.15. The standard InChI is InChI=1S/C14H32Si/c1-8-12(5)15(11-4,13(6)9-2)14(7)10-3/h12-14H,8-11H2,1-7H3. The highest BCUT2D eigenvalue weighted by Crippen LogP contribution is 2.48. The van der Waals surface area contributed by atoms with Crippen LogP contribution in [0.15, 0.2) is 0 Å². The van der Waals surface area contributed by atoms with E-state index < -0.39 is 8.07 Å². The van der Waals surface area contributed by atoms with Gasteiger partial charge in [0.2, 0.25) is 0 Å². The van der Waals surface area contributed by atoms with Gasteiger partial charge in [0, 0.05) is 0 Å². The molecule has 0 nitrogen and oxygen atoms in total. The molecule has 0 aliphatic carbocycles. The lowest BCUT2D eigenvalue weighted by Crippen LogP contribution is -2.45. The number of rotatable bonds is 7. The van der Waals surface area contributed by atoms with Gasteiger partial charge in [-0.3, -0.25) is 0 Å². The number of hydrogen-bond acceptors (Lipinski definition) is 0. The van der Waals surface area contributed by atoms with Crippen molar-refractivity contribution in [1.82, 2.24) is 0 Å². The molecule has 0 aromatic carbocycles. The van der Waals surface area contributed by atoms with Crippen molar-refractivity contribution in [2.24, 2.45) is 0 Å².